The summed E-state index contributed by atoms with van der Waals surface area (Å²) in [4.78, 5) is 12.5. The summed E-state index contributed by atoms with van der Waals surface area (Å²) in [6.07, 6.45) is 4.80. The molecule has 0 saturated carbocycles. The highest BCUT2D eigenvalue weighted by Gasteiger charge is 2.26. The molecule has 0 bridgehead atoms. The molecule has 25 heavy (non-hydrogen) atoms. The Labute approximate surface area is 161 Å². The zero-order valence-electron chi connectivity index (χ0n) is 14.0. The van der Waals surface area contributed by atoms with E-state index in [-0.39, 0.29) is 0 Å². The van der Waals surface area contributed by atoms with E-state index < -0.39 is 0 Å². The molecule has 0 aliphatic carbocycles. The van der Waals surface area contributed by atoms with E-state index in [1.165, 1.54) is 19.3 Å². The Hall–Kier alpha value is -1.36. The fourth-order valence-electron chi connectivity index (χ4n) is 3.65. The number of piperidine rings is 1. The quantitative estimate of drug-likeness (QED) is 0.481. The lowest BCUT2D eigenvalue weighted by molar-refractivity contribution is 0.448. The molecule has 1 atom stereocenters. The Bertz CT molecular complexity index is 892. The summed E-state index contributed by atoms with van der Waals surface area (Å²) in [5, 5.41) is 4.32. The van der Waals surface area contributed by atoms with Crippen molar-refractivity contribution in [2.75, 3.05) is 11.4 Å². The molecular weight excluding hydrogens is 373 g/mol. The molecule has 3 heterocycles. The van der Waals surface area contributed by atoms with Gasteiger partial charge in [0.1, 0.15) is 10.6 Å². The predicted molar refractivity (Wildman–Crippen MR) is 108 cm³/mol. The summed E-state index contributed by atoms with van der Waals surface area (Å²) in [5.41, 5.74) is 2.29. The Kier molecular flexibility index (Phi) is 4.85. The standard InChI is InChI=1S/C19H19Cl2N3S/c1-2-14-5-3-4-10-24(14)17-16-15(12-6-8-13(20)9-7-12)11-25-18(16)23-19(21)22-17/h6-9,11,14H,2-5,10H2,1H3. The smallest absolute Gasteiger partial charge is 0.225 e. The van der Waals surface area contributed by atoms with Gasteiger partial charge in [0.05, 0.1) is 5.39 Å². The van der Waals surface area contributed by atoms with Crippen LogP contribution in [0, 0.1) is 0 Å². The second kappa shape index (κ2) is 7.10. The fourth-order valence-corrected chi connectivity index (χ4v) is 4.93. The van der Waals surface area contributed by atoms with Gasteiger partial charge in [0.2, 0.25) is 5.28 Å². The van der Waals surface area contributed by atoms with E-state index in [1.54, 1.807) is 11.3 Å². The number of hydrogen-bond acceptors (Lipinski definition) is 4. The molecule has 0 N–H and O–H groups in total. The first-order valence-electron chi connectivity index (χ1n) is 8.64. The van der Waals surface area contributed by atoms with Crippen LogP contribution in [0.3, 0.4) is 0 Å². The zero-order valence-corrected chi connectivity index (χ0v) is 16.3. The Morgan fingerprint density at radius 3 is 2.72 bits per heavy atom. The first kappa shape index (κ1) is 17.1. The highest BCUT2D eigenvalue weighted by molar-refractivity contribution is 7.17. The van der Waals surface area contributed by atoms with Gasteiger partial charge in [-0.25, -0.2) is 4.98 Å². The van der Waals surface area contributed by atoms with E-state index >= 15 is 0 Å². The van der Waals surface area contributed by atoms with Gasteiger partial charge in [0.25, 0.3) is 0 Å². The fraction of sp³-hybridized carbons (Fsp3) is 0.368. The Morgan fingerprint density at radius 2 is 1.96 bits per heavy atom. The maximum absolute atomic E-state index is 6.25. The predicted octanol–water partition coefficient (Wildman–Crippen LogP) is 6.43. The third-order valence-corrected chi connectivity index (χ3v) is 6.21. The molecule has 0 radical (unpaired) electrons. The summed E-state index contributed by atoms with van der Waals surface area (Å²) < 4.78 is 0. The molecular formula is C19H19Cl2N3S. The minimum absolute atomic E-state index is 0.326. The van der Waals surface area contributed by atoms with Gasteiger partial charge < -0.3 is 4.90 Å². The second-order valence-corrected chi connectivity index (χ2v) is 8.04. The minimum Gasteiger partial charge on any atom is -0.353 e. The SMILES string of the molecule is CCC1CCCCN1c1nc(Cl)nc2scc(-c3ccc(Cl)cc3)c12. The van der Waals surface area contributed by atoms with Gasteiger partial charge in [-0.05, 0) is 55.0 Å². The third-order valence-electron chi connectivity index (χ3n) is 4.91. The molecule has 1 fully saturated rings. The highest BCUT2D eigenvalue weighted by Crippen LogP contribution is 2.41. The number of nitrogens with zero attached hydrogens (tertiary/aromatic N) is 3. The van der Waals surface area contributed by atoms with Crippen molar-refractivity contribution in [3.63, 3.8) is 0 Å². The van der Waals surface area contributed by atoms with E-state index in [9.17, 15) is 0 Å². The van der Waals surface area contributed by atoms with Crippen LogP contribution in [0.15, 0.2) is 29.6 Å². The van der Waals surface area contributed by atoms with E-state index in [0.717, 1.165) is 45.1 Å². The van der Waals surface area contributed by atoms with E-state index in [2.05, 4.69) is 39.3 Å². The number of hydrogen-bond donors (Lipinski definition) is 0. The normalized spacial score (nSPS) is 18.0. The maximum Gasteiger partial charge on any atom is 0.225 e. The molecule has 1 aliphatic rings. The topological polar surface area (TPSA) is 29.0 Å². The number of rotatable bonds is 3. The summed E-state index contributed by atoms with van der Waals surface area (Å²) in [7, 11) is 0. The van der Waals surface area contributed by atoms with Gasteiger partial charge in [-0.3, -0.25) is 0 Å². The van der Waals surface area contributed by atoms with Gasteiger partial charge in [-0.15, -0.1) is 11.3 Å². The third kappa shape index (κ3) is 3.23. The summed E-state index contributed by atoms with van der Waals surface area (Å²) in [6, 6.07) is 8.46. The molecule has 1 aliphatic heterocycles. The number of halogens is 2. The molecule has 1 saturated heterocycles. The van der Waals surface area contributed by atoms with Crippen molar-refractivity contribution in [1.82, 2.24) is 9.97 Å². The summed E-state index contributed by atoms with van der Waals surface area (Å²) in [6.45, 7) is 3.27. The minimum atomic E-state index is 0.326. The van der Waals surface area contributed by atoms with E-state index in [1.807, 2.05) is 12.1 Å². The molecule has 2 aromatic heterocycles. The monoisotopic (exact) mass is 391 g/mol. The molecule has 1 aromatic carbocycles. The molecule has 6 heteroatoms. The van der Waals surface area contributed by atoms with Crippen LogP contribution in [0.1, 0.15) is 32.6 Å². The number of fused-ring (bicyclic) bond motifs is 1. The van der Waals surface area contributed by atoms with Crippen molar-refractivity contribution in [2.24, 2.45) is 0 Å². The first-order chi connectivity index (χ1) is 12.2. The summed E-state index contributed by atoms with van der Waals surface area (Å²) >= 11 is 13.9. The van der Waals surface area contributed by atoms with Gasteiger partial charge in [0.15, 0.2) is 0 Å². The van der Waals surface area contributed by atoms with Crippen molar-refractivity contribution in [3.05, 3.63) is 40.0 Å². The van der Waals surface area contributed by atoms with E-state index in [4.69, 9.17) is 23.2 Å². The summed E-state index contributed by atoms with van der Waals surface area (Å²) in [5.74, 6) is 0.979. The van der Waals surface area contributed by atoms with Crippen molar-refractivity contribution >= 4 is 50.6 Å². The van der Waals surface area contributed by atoms with Crippen LogP contribution in [0.25, 0.3) is 21.3 Å². The lowest BCUT2D eigenvalue weighted by Gasteiger charge is -2.36. The van der Waals surface area contributed by atoms with Crippen LogP contribution >= 0.6 is 34.5 Å². The van der Waals surface area contributed by atoms with Crippen molar-refractivity contribution in [3.8, 4) is 11.1 Å². The van der Waals surface area contributed by atoms with Gasteiger partial charge in [-0.1, -0.05) is 30.7 Å². The molecule has 130 valence electrons. The van der Waals surface area contributed by atoms with Gasteiger partial charge >= 0.3 is 0 Å². The van der Waals surface area contributed by atoms with Crippen LogP contribution < -0.4 is 4.90 Å². The first-order valence-corrected chi connectivity index (χ1v) is 10.3. The van der Waals surface area contributed by atoms with Crippen molar-refractivity contribution in [1.29, 1.82) is 0 Å². The lowest BCUT2D eigenvalue weighted by atomic mass is 9.99. The van der Waals surface area contributed by atoms with Gasteiger partial charge in [-0.2, -0.15) is 4.98 Å². The van der Waals surface area contributed by atoms with Crippen LogP contribution in [0.5, 0.6) is 0 Å². The lowest BCUT2D eigenvalue weighted by Crippen LogP contribution is -2.39. The molecule has 1 unspecified atom stereocenters. The number of aromatic nitrogens is 2. The van der Waals surface area contributed by atoms with Crippen LogP contribution in [0.4, 0.5) is 5.82 Å². The average Bonchev–Trinajstić information content (AvgIpc) is 3.05. The van der Waals surface area contributed by atoms with E-state index in [0.29, 0.717) is 11.3 Å². The van der Waals surface area contributed by atoms with Gasteiger partial charge in [0, 0.05) is 28.6 Å². The largest absolute Gasteiger partial charge is 0.353 e. The molecule has 3 aromatic rings. The number of thiophene rings is 1. The Balaban J connectivity index is 1.90. The zero-order chi connectivity index (χ0) is 17.4. The average molecular weight is 392 g/mol. The maximum atomic E-state index is 6.25. The molecule has 0 amide bonds. The number of benzene rings is 1. The molecule has 0 spiro atoms. The molecule has 4 rings (SSSR count). The Morgan fingerprint density at radius 1 is 1.16 bits per heavy atom. The highest BCUT2D eigenvalue weighted by atomic mass is 35.5. The number of anilines is 1. The van der Waals surface area contributed by atoms with Crippen LogP contribution in [0.2, 0.25) is 10.3 Å². The van der Waals surface area contributed by atoms with Crippen molar-refractivity contribution in [2.45, 2.75) is 38.6 Å². The molecule has 3 nitrogen and oxygen atoms in total. The van der Waals surface area contributed by atoms with Crippen LogP contribution in [-0.2, 0) is 0 Å². The second-order valence-electron chi connectivity index (χ2n) is 6.40. The van der Waals surface area contributed by atoms with Crippen molar-refractivity contribution < 1.29 is 0 Å². The van der Waals surface area contributed by atoms with Crippen LogP contribution in [-0.4, -0.2) is 22.6 Å².